The molecule has 0 spiro atoms. The molecule has 168 valence electrons. The van der Waals surface area contributed by atoms with Crippen molar-refractivity contribution >= 4 is 48.2 Å². The summed E-state index contributed by atoms with van der Waals surface area (Å²) in [7, 11) is 0. The van der Waals surface area contributed by atoms with Crippen molar-refractivity contribution in [1.29, 1.82) is 0 Å². The molecule has 7 atom stereocenters. The zero-order chi connectivity index (χ0) is 20.1. The number of fused-ring (bicyclic) bond motifs is 6. The smallest absolute Gasteiger partial charge is 0.265 e. The summed E-state index contributed by atoms with van der Waals surface area (Å²) in [5, 5.41) is 8.76. The van der Waals surface area contributed by atoms with Gasteiger partial charge in [0.15, 0.2) is 6.10 Å². The Morgan fingerprint density at radius 1 is 1.29 bits per heavy atom. The average Bonchev–Trinajstić information content (AvgIpc) is 3.41. The van der Waals surface area contributed by atoms with Gasteiger partial charge < -0.3 is 26.4 Å². The Labute approximate surface area is 191 Å². The number of primary amides is 1. The molecule has 11 heteroatoms. The van der Waals surface area contributed by atoms with Crippen LogP contribution in [0.2, 0.25) is 0 Å². The van der Waals surface area contributed by atoms with Crippen molar-refractivity contribution in [2.24, 2.45) is 29.4 Å². The molecule has 2 fully saturated rings. The molecule has 2 aliphatic carbocycles. The van der Waals surface area contributed by atoms with Gasteiger partial charge in [-0.2, -0.15) is 0 Å². The standard InChI is InChI=1S/C20H23N5O4.2ClH/c21-18(26)12(6-15-19(27)25-13-8-22-4-3-14(13)29-15)24-20(28)17-16-10-2-1-9(5-10)11(16)7-23-17;;/h1-4,8-12,15-17,23H,5-7H2,(H2,21,26)(H,24,28)(H,25,27);2*1H/t9-,10+,11-,12+,15+,16+,17+;;/m1../s1. The summed E-state index contributed by atoms with van der Waals surface area (Å²) >= 11 is 0. The quantitative estimate of drug-likeness (QED) is 0.460. The van der Waals surface area contributed by atoms with E-state index in [1.807, 2.05) is 0 Å². The molecule has 0 unspecified atom stereocenters. The molecule has 1 aromatic heterocycles. The van der Waals surface area contributed by atoms with Crippen molar-refractivity contribution in [3.63, 3.8) is 0 Å². The first-order valence-electron chi connectivity index (χ1n) is 9.94. The molecule has 3 amide bonds. The van der Waals surface area contributed by atoms with Crippen molar-refractivity contribution in [3.8, 4) is 5.75 Å². The number of amides is 3. The second-order valence-electron chi connectivity index (χ2n) is 8.24. The molecular weight excluding hydrogens is 445 g/mol. The molecule has 3 heterocycles. The zero-order valence-corrected chi connectivity index (χ0v) is 18.2. The maximum Gasteiger partial charge on any atom is 0.265 e. The minimum atomic E-state index is -1.00. The van der Waals surface area contributed by atoms with E-state index in [0.29, 0.717) is 29.2 Å². The molecule has 31 heavy (non-hydrogen) atoms. The summed E-state index contributed by atoms with van der Waals surface area (Å²) in [6.45, 7) is 0.800. The number of nitrogens with two attached hydrogens (primary N) is 1. The van der Waals surface area contributed by atoms with Crippen LogP contribution < -0.4 is 26.4 Å². The minimum Gasteiger partial charge on any atom is -0.478 e. The van der Waals surface area contributed by atoms with Crippen molar-refractivity contribution in [3.05, 3.63) is 30.6 Å². The fraction of sp³-hybridized carbons (Fsp3) is 0.500. The van der Waals surface area contributed by atoms with Crippen LogP contribution in [0.3, 0.4) is 0 Å². The van der Waals surface area contributed by atoms with Gasteiger partial charge in [-0.25, -0.2) is 0 Å². The second-order valence-corrected chi connectivity index (χ2v) is 8.24. The van der Waals surface area contributed by atoms with Crippen molar-refractivity contribution in [2.45, 2.75) is 31.0 Å². The number of carbonyl (C=O) groups excluding carboxylic acids is 3. The number of hydrogen-bond donors (Lipinski definition) is 4. The van der Waals surface area contributed by atoms with Gasteiger partial charge in [-0.15, -0.1) is 24.8 Å². The van der Waals surface area contributed by atoms with E-state index in [4.69, 9.17) is 10.5 Å². The van der Waals surface area contributed by atoms with Gasteiger partial charge in [-0.1, -0.05) is 12.2 Å². The Morgan fingerprint density at radius 2 is 2.06 bits per heavy atom. The van der Waals surface area contributed by atoms with E-state index in [1.165, 1.54) is 6.20 Å². The zero-order valence-electron chi connectivity index (χ0n) is 16.5. The first-order valence-corrected chi connectivity index (χ1v) is 9.94. The van der Waals surface area contributed by atoms with Gasteiger partial charge in [-0.05, 0) is 36.6 Å². The second kappa shape index (κ2) is 9.02. The Kier molecular flexibility index (Phi) is 6.78. The van der Waals surface area contributed by atoms with Crippen LogP contribution in [0.1, 0.15) is 12.8 Å². The van der Waals surface area contributed by atoms with E-state index >= 15 is 0 Å². The number of pyridine rings is 1. The number of hydrogen-bond acceptors (Lipinski definition) is 6. The van der Waals surface area contributed by atoms with Gasteiger partial charge in [0.1, 0.15) is 17.5 Å². The number of ether oxygens (including phenoxy) is 1. The number of nitrogens with one attached hydrogen (secondary N) is 3. The molecule has 2 bridgehead atoms. The number of nitrogens with zero attached hydrogens (tertiary/aromatic N) is 1. The van der Waals surface area contributed by atoms with Crippen LogP contribution in [-0.2, 0) is 14.4 Å². The third-order valence-electron chi connectivity index (χ3n) is 6.64. The van der Waals surface area contributed by atoms with Crippen molar-refractivity contribution in [1.82, 2.24) is 15.6 Å². The third-order valence-corrected chi connectivity index (χ3v) is 6.64. The maximum atomic E-state index is 12.9. The van der Waals surface area contributed by atoms with Crippen LogP contribution >= 0.6 is 24.8 Å². The highest BCUT2D eigenvalue weighted by molar-refractivity contribution is 5.98. The molecule has 1 saturated heterocycles. The topological polar surface area (TPSA) is 135 Å². The SMILES string of the molecule is Cl.Cl.NC(=O)[C@H](C[C@@H]1Oc2ccncc2NC1=O)NC(=O)[C@H]1NC[C@H]2[C@@H]1[C@H]1C=C[C@@H]2C1. The van der Waals surface area contributed by atoms with E-state index in [0.717, 1.165) is 13.0 Å². The molecule has 1 aromatic rings. The lowest BCUT2D eigenvalue weighted by Gasteiger charge is -2.29. The predicted octanol–water partition coefficient (Wildman–Crippen LogP) is 0.395. The number of halogens is 2. The number of carbonyl (C=O) groups is 3. The molecule has 1 saturated carbocycles. The van der Waals surface area contributed by atoms with Crippen molar-refractivity contribution in [2.75, 3.05) is 11.9 Å². The predicted molar refractivity (Wildman–Crippen MR) is 117 cm³/mol. The Hall–Kier alpha value is -2.36. The van der Waals surface area contributed by atoms with Crippen LogP contribution in [-0.4, -0.2) is 47.4 Å². The normalized spacial score (nSPS) is 32.5. The molecule has 0 radical (unpaired) electrons. The fourth-order valence-corrected chi connectivity index (χ4v) is 5.29. The van der Waals surface area contributed by atoms with Gasteiger partial charge in [0.05, 0.1) is 12.2 Å². The summed E-state index contributed by atoms with van der Waals surface area (Å²) in [4.78, 5) is 41.2. The van der Waals surface area contributed by atoms with Crippen LogP contribution in [0, 0.1) is 23.7 Å². The van der Waals surface area contributed by atoms with E-state index < -0.39 is 24.0 Å². The lowest BCUT2D eigenvalue weighted by molar-refractivity contribution is -0.131. The largest absolute Gasteiger partial charge is 0.478 e. The highest BCUT2D eigenvalue weighted by Crippen LogP contribution is 2.51. The van der Waals surface area contributed by atoms with Gasteiger partial charge in [0, 0.05) is 18.7 Å². The summed E-state index contributed by atoms with van der Waals surface area (Å²) in [5.74, 6) is 0.770. The summed E-state index contributed by atoms with van der Waals surface area (Å²) < 4.78 is 5.71. The fourth-order valence-electron chi connectivity index (χ4n) is 5.29. The minimum absolute atomic E-state index is 0. The van der Waals surface area contributed by atoms with Crippen LogP contribution in [0.4, 0.5) is 5.69 Å². The Balaban J connectivity index is 0.00000136. The first-order chi connectivity index (χ1) is 14.0. The summed E-state index contributed by atoms with van der Waals surface area (Å²) in [6.07, 6.45) is 7.63. The van der Waals surface area contributed by atoms with Crippen LogP contribution in [0.25, 0.3) is 0 Å². The number of anilines is 1. The highest BCUT2D eigenvalue weighted by Gasteiger charge is 2.53. The van der Waals surface area contributed by atoms with E-state index in [2.05, 4.69) is 33.1 Å². The first kappa shape index (κ1) is 23.3. The van der Waals surface area contributed by atoms with Crippen LogP contribution in [0.5, 0.6) is 5.75 Å². The average molecular weight is 470 g/mol. The van der Waals surface area contributed by atoms with Gasteiger partial charge in [-0.3, -0.25) is 19.4 Å². The molecule has 0 aromatic carbocycles. The van der Waals surface area contributed by atoms with E-state index in [1.54, 1.807) is 12.3 Å². The number of rotatable bonds is 5. The maximum absolute atomic E-state index is 12.9. The van der Waals surface area contributed by atoms with Crippen molar-refractivity contribution < 1.29 is 19.1 Å². The van der Waals surface area contributed by atoms with Crippen LogP contribution in [0.15, 0.2) is 30.6 Å². The number of allylic oxidation sites excluding steroid dienone is 2. The molecule has 9 nitrogen and oxygen atoms in total. The third kappa shape index (κ3) is 4.09. The molecule has 4 aliphatic rings. The Morgan fingerprint density at radius 3 is 2.84 bits per heavy atom. The molecule has 5 N–H and O–H groups in total. The molecular formula is C20H25Cl2N5O4. The highest BCUT2D eigenvalue weighted by atomic mass is 35.5. The number of aromatic nitrogens is 1. The van der Waals surface area contributed by atoms with E-state index in [9.17, 15) is 14.4 Å². The van der Waals surface area contributed by atoms with E-state index in [-0.39, 0.29) is 49.1 Å². The monoisotopic (exact) mass is 469 g/mol. The summed E-state index contributed by atoms with van der Waals surface area (Å²) in [6, 6.07) is 0.275. The summed E-state index contributed by atoms with van der Waals surface area (Å²) in [5.41, 5.74) is 6.00. The lowest BCUT2D eigenvalue weighted by atomic mass is 9.81. The van der Waals surface area contributed by atoms with Gasteiger partial charge in [0.25, 0.3) is 5.91 Å². The molecule has 2 aliphatic heterocycles. The Bertz CT molecular complexity index is 913. The van der Waals surface area contributed by atoms with Gasteiger partial charge in [0.2, 0.25) is 11.8 Å². The lowest BCUT2D eigenvalue weighted by Crippen LogP contribution is -2.54. The van der Waals surface area contributed by atoms with Gasteiger partial charge >= 0.3 is 0 Å². The molecule has 5 rings (SSSR count).